The van der Waals surface area contributed by atoms with Crippen molar-refractivity contribution in [3.05, 3.63) is 44.1 Å². The molecule has 1 aliphatic heterocycles. The van der Waals surface area contributed by atoms with E-state index >= 15 is 0 Å². The fraction of sp³-hybridized carbons (Fsp3) is 0.429. The summed E-state index contributed by atoms with van der Waals surface area (Å²) in [7, 11) is 1.69. The van der Waals surface area contributed by atoms with E-state index in [9.17, 15) is 9.59 Å². The van der Waals surface area contributed by atoms with Crippen molar-refractivity contribution in [1.82, 2.24) is 14.5 Å². The summed E-state index contributed by atoms with van der Waals surface area (Å²) in [5.41, 5.74) is 0.0993. The minimum absolute atomic E-state index is 0.0849. The molecule has 20 heavy (non-hydrogen) atoms. The van der Waals surface area contributed by atoms with Crippen LogP contribution in [0.15, 0.2) is 27.8 Å². The Bertz CT molecular complexity index is 772. The first-order valence-corrected chi connectivity index (χ1v) is 7.09. The zero-order valence-corrected chi connectivity index (χ0v) is 12.0. The predicted octanol–water partition coefficient (Wildman–Crippen LogP) is 1.28. The van der Waals surface area contributed by atoms with Crippen LogP contribution in [-0.4, -0.2) is 22.2 Å². The Kier molecular flexibility index (Phi) is 3.40. The summed E-state index contributed by atoms with van der Waals surface area (Å²) in [6, 6.07) is 4.95. The highest BCUT2D eigenvalue weighted by molar-refractivity contribution is 6.31. The molecule has 106 valence electrons. The third-order valence-electron chi connectivity index (χ3n) is 3.90. The fourth-order valence-electron chi connectivity index (χ4n) is 2.83. The molecule has 5 nitrogen and oxygen atoms in total. The number of nitrogens with one attached hydrogen (secondary N) is 1. The van der Waals surface area contributed by atoms with E-state index in [0.29, 0.717) is 22.5 Å². The zero-order chi connectivity index (χ0) is 14.3. The van der Waals surface area contributed by atoms with Gasteiger partial charge in [-0.25, -0.2) is 4.79 Å². The van der Waals surface area contributed by atoms with Gasteiger partial charge in [0, 0.05) is 18.6 Å². The molecule has 0 saturated carbocycles. The average Bonchev–Trinajstić information content (AvgIpc) is 2.46. The van der Waals surface area contributed by atoms with Gasteiger partial charge in [-0.05, 0) is 37.6 Å². The van der Waals surface area contributed by atoms with Crippen LogP contribution in [-0.2, 0) is 7.05 Å². The summed E-state index contributed by atoms with van der Waals surface area (Å²) in [5.74, 6) is 0. The van der Waals surface area contributed by atoms with E-state index in [4.69, 9.17) is 11.6 Å². The molecule has 3 rings (SSSR count). The van der Waals surface area contributed by atoms with Crippen LogP contribution in [0, 0.1) is 0 Å². The number of aryl methyl sites for hydroxylation is 1. The van der Waals surface area contributed by atoms with Crippen molar-refractivity contribution in [2.24, 2.45) is 7.05 Å². The Labute approximate surface area is 120 Å². The van der Waals surface area contributed by atoms with E-state index in [1.807, 2.05) is 0 Å². The molecule has 1 unspecified atom stereocenters. The van der Waals surface area contributed by atoms with Crippen molar-refractivity contribution in [1.29, 1.82) is 0 Å². The maximum absolute atomic E-state index is 12.6. The second kappa shape index (κ2) is 5.07. The van der Waals surface area contributed by atoms with Crippen molar-refractivity contribution < 1.29 is 0 Å². The van der Waals surface area contributed by atoms with Gasteiger partial charge >= 0.3 is 5.69 Å². The van der Waals surface area contributed by atoms with Crippen molar-refractivity contribution in [2.75, 3.05) is 13.1 Å². The third-order valence-corrected chi connectivity index (χ3v) is 4.13. The smallest absolute Gasteiger partial charge is 0.315 e. The van der Waals surface area contributed by atoms with Gasteiger partial charge in [0.2, 0.25) is 0 Å². The molecule has 1 aliphatic rings. The predicted molar refractivity (Wildman–Crippen MR) is 79.6 cm³/mol. The highest BCUT2D eigenvalue weighted by Gasteiger charge is 2.21. The number of nitrogens with zero attached hydrogens (tertiary/aromatic N) is 2. The number of rotatable bonds is 1. The van der Waals surface area contributed by atoms with Crippen LogP contribution >= 0.6 is 11.6 Å². The largest absolute Gasteiger partial charge is 0.331 e. The highest BCUT2D eigenvalue weighted by atomic mass is 35.5. The van der Waals surface area contributed by atoms with Crippen LogP contribution in [0.1, 0.15) is 18.9 Å². The van der Waals surface area contributed by atoms with Gasteiger partial charge < -0.3 is 5.32 Å². The lowest BCUT2D eigenvalue weighted by molar-refractivity contribution is 0.351. The van der Waals surface area contributed by atoms with Gasteiger partial charge in [0.15, 0.2) is 0 Å². The summed E-state index contributed by atoms with van der Waals surface area (Å²) in [5, 5.41) is 4.23. The topological polar surface area (TPSA) is 56.0 Å². The van der Waals surface area contributed by atoms with Gasteiger partial charge in [-0.3, -0.25) is 13.9 Å². The van der Waals surface area contributed by atoms with E-state index in [2.05, 4.69) is 5.32 Å². The first-order chi connectivity index (χ1) is 9.59. The lowest BCUT2D eigenvalue weighted by Gasteiger charge is -2.25. The van der Waals surface area contributed by atoms with Crippen LogP contribution in [0.5, 0.6) is 0 Å². The van der Waals surface area contributed by atoms with Gasteiger partial charge in [-0.2, -0.15) is 0 Å². The van der Waals surface area contributed by atoms with E-state index < -0.39 is 0 Å². The minimum Gasteiger partial charge on any atom is -0.315 e. The number of halogens is 1. The Morgan fingerprint density at radius 3 is 2.85 bits per heavy atom. The van der Waals surface area contributed by atoms with Crippen LogP contribution in [0.4, 0.5) is 0 Å². The summed E-state index contributed by atoms with van der Waals surface area (Å²) < 4.78 is 2.88. The Morgan fingerprint density at radius 2 is 2.15 bits per heavy atom. The molecule has 6 heteroatoms. The average molecular weight is 294 g/mol. The van der Waals surface area contributed by atoms with Gasteiger partial charge in [-0.15, -0.1) is 0 Å². The van der Waals surface area contributed by atoms with Gasteiger partial charge in [0.05, 0.1) is 16.9 Å². The number of benzene rings is 1. The van der Waals surface area contributed by atoms with Gasteiger partial charge in [0.1, 0.15) is 0 Å². The number of aromatic nitrogens is 2. The lowest BCUT2D eigenvalue weighted by Crippen LogP contribution is -2.46. The number of fused-ring (bicyclic) bond motifs is 1. The van der Waals surface area contributed by atoms with Crippen molar-refractivity contribution in [3.8, 4) is 0 Å². The molecule has 1 saturated heterocycles. The van der Waals surface area contributed by atoms with Crippen molar-refractivity contribution in [2.45, 2.75) is 18.9 Å². The number of piperidine rings is 1. The Hall–Kier alpha value is -1.59. The quantitative estimate of drug-likeness (QED) is 0.862. The summed E-state index contributed by atoms with van der Waals surface area (Å²) in [6.07, 6.45) is 1.81. The SMILES string of the molecule is Cn1c(=O)n(C2CCCNC2)c(=O)c2cc(Cl)ccc21. The fourth-order valence-corrected chi connectivity index (χ4v) is 3.00. The van der Waals surface area contributed by atoms with Crippen LogP contribution in [0.25, 0.3) is 10.9 Å². The molecule has 1 atom stereocenters. The maximum atomic E-state index is 12.6. The van der Waals surface area contributed by atoms with Crippen molar-refractivity contribution >= 4 is 22.5 Å². The Morgan fingerprint density at radius 1 is 1.35 bits per heavy atom. The molecule has 0 spiro atoms. The second-order valence-corrected chi connectivity index (χ2v) is 5.61. The molecule has 0 bridgehead atoms. The van der Waals surface area contributed by atoms with Gasteiger partial charge in [-0.1, -0.05) is 11.6 Å². The highest BCUT2D eigenvalue weighted by Crippen LogP contribution is 2.17. The van der Waals surface area contributed by atoms with E-state index in [0.717, 1.165) is 19.4 Å². The number of hydrogen-bond donors (Lipinski definition) is 1. The zero-order valence-electron chi connectivity index (χ0n) is 11.2. The Balaban J connectivity index is 2.32. The summed E-state index contributed by atoms with van der Waals surface area (Å²) in [6.45, 7) is 1.59. The second-order valence-electron chi connectivity index (χ2n) is 5.18. The van der Waals surface area contributed by atoms with Gasteiger partial charge in [0.25, 0.3) is 5.56 Å². The van der Waals surface area contributed by atoms with Crippen LogP contribution in [0.2, 0.25) is 5.02 Å². The number of hydrogen-bond acceptors (Lipinski definition) is 3. The molecular weight excluding hydrogens is 278 g/mol. The molecule has 0 amide bonds. The molecule has 1 aromatic heterocycles. The van der Waals surface area contributed by atoms with Crippen LogP contribution in [0.3, 0.4) is 0 Å². The molecule has 2 aromatic rings. The molecule has 1 aromatic carbocycles. The third kappa shape index (κ3) is 2.07. The van der Waals surface area contributed by atoms with E-state index in [1.165, 1.54) is 9.13 Å². The maximum Gasteiger partial charge on any atom is 0.331 e. The minimum atomic E-state index is -0.265. The molecule has 1 fully saturated rings. The first kappa shape index (κ1) is 13.4. The summed E-state index contributed by atoms with van der Waals surface area (Å²) in [4.78, 5) is 25.1. The molecule has 2 heterocycles. The molecule has 0 radical (unpaired) electrons. The lowest BCUT2D eigenvalue weighted by atomic mass is 10.1. The van der Waals surface area contributed by atoms with Crippen LogP contribution < -0.4 is 16.6 Å². The monoisotopic (exact) mass is 293 g/mol. The standard InChI is InChI=1S/C14H16ClN3O2/c1-17-12-5-4-9(15)7-11(12)13(19)18(14(17)20)10-3-2-6-16-8-10/h4-5,7,10,16H,2-3,6,8H2,1H3. The first-order valence-electron chi connectivity index (χ1n) is 6.71. The molecule has 0 aliphatic carbocycles. The molecule has 1 N–H and O–H groups in total. The van der Waals surface area contributed by atoms with E-state index in [-0.39, 0.29) is 17.3 Å². The van der Waals surface area contributed by atoms with Crippen molar-refractivity contribution in [3.63, 3.8) is 0 Å². The van der Waals surface area contributed by atoms with E-state index in [1.54, 1.807) is 25.2 Å². The molecular formula is C14H16ClN3O2. The summed E-state index contributed by atoms with van der Waals surface area (Å²) >= 11 is 5.97. The normalized spacial score (nSPS) is 19.4.